The first-order valence-electron chi connectivity index (χ1n) is 21.8. The Morgan fingerprint density at radius 2 is 1.14 bits per heavy atom. The molecule has 10 rings (SSSR count). The molecule has 298 valence electrons. The second-order valence-corrected chi connectivity index (χ2v) is 22.6. The minimum absolute atomic E-state index is 0.0419. The maximum absolute atomic E-state index is 2.68. The minimum atomic E-state index is 0.0419. The fourth-order valence-electron chi connectivity index (χ4n) is 10.7. The molecule has 0 atom stereocenters. The summed E-state index contributed by atoms with van der Waals surface area (Å²) >= 11 is 1.94. The molecule has 0 fully saturated rings. The van der Waals surface area contributed by atoms with Gasteiger partial charge in [-0.15, -0.1) is 11.3 Å². The van der Waals surface area contributed by atoms with E-state index < -0.39 is 0 Å². The van der Waals surface area contributed by atoms with Crippen LogP contribution in [0.1, 0.15) is 121 Å². The van der Waals surface area contributed by atoms with E-state index in [-0.39, 0.29) is 28.4 Å². The first-order chi connectivity index (χ1) is 27.7. The van der Waals surface area contributed by atoms with Crippen molar-refractivity contribution in [2.24, 2.45) is 0 Å². The quantitative estimate of drug-likeness (QED) is 0.161. The molecule has 7 aromatic rings. The molecule has 0 spiro atoms. The van der Waals surface area contributed by atoms with Crippen molar-refractivity contribution in [1.82, 2.24) is 0 Å². The van der Waals surface area contributed by atoms with E-state index in [1.807, 2.05) is 11.3 Å². The zero-order valence-electron chi connectivity index (χ0n) is 37.5. The van der Waals surface area contributed by atoms with Gasteiger partial charge in [-0.05, 0) is 159 Å². The molecule has 0 N–H and O–H groups in total. The normalized spacial score (nSPS) is 16.6. The van der Waals surface area contributed by atoms with Crippen molar-refractivity contribution in [3.05, 3.63) is 136 Å². The topological polar surface area (TPSA) is 6.48 Å². The molecular formula is C55H59BN2S. The summed E-state index contributed by atoms with van der Waals surface area (Å²) in [6.07, 6.45) is 2.37. The maximum Gasteiger partial charge on any atom is 0.252 e. The molecule has 0 radical (unpaired) electrons. The van der Waals surface area contributed by atoms with Gasteiger partial charge >= 0.3 is 0 Å². The van der Waals surface area contributed by atoms with E-state index in [0.29, 0.717) is 0 Å². The van der Waals surface area contributed by atoms with Crippen LogP contribution in [0.4, 0.5) is 34.1 Å². The Morgan fingerprint density at radius 1 is 0.542 bits per heavy atom. The largest absolute Gasteiger partial charge is 0.311 e. The zero-order chi connectivity index (χ0) is 41.7. The minimum Gasteiger partial charge on any atom is -0.311 e. The van der Waals surface area contributed by atoms with Gasteiger partial charge < -0.3 is 9.80 Å². The standard InChI is InChI=1S/C55H59BN2S/c1-32-26-45-50-46(27-32)58(42-17-15-14-16-33(42)2)51-40(20-23-48-49(51)37-29-36(53(7,8)9)19-22-47(37)59-48)56(50)41-30-38-39(55(12,13)25-24-54(38,10)11)31-44(41)57(45)43-21-18-35(28-34(43)3)52(4,5)6/h14-23,26-31H,24-25H2,1-13H3. The molecule has 1 aromatic heterocycles. The lowest BCUT2D eigenvalue weighted by Crippen LogP contribution is -2.62. The summed E-state index contributed by atoms with van der Waals surface area (Å²) in [6, 6.07) is 38.7. The molecule has 6 aromatic carbocycles. The number of nitrogens with zero attached hydrogens (tertiary/aromatic N) is 2. The van der Waals surface area contributed by atoms with E-state index in [9.17, 15) is 0 Å². The highest BCUT2D eigenvalue weighted by Crippen LogP contribution is 2.53. The fourth-order valence-corrected chi connectivity index (χ4v) is 11.8. The van der Waals surface area contributed by atoms with Gasteiger partial charge in [-0.2, -0.15) is 0 Å². The summed E-state index contributed by atoms with van der Waals surface area (Å²) in [5, 5.41) is 2.74. The van der Waals surface area contributed by atoms with E-state index in [2.05, 4.69) is 197 Å². The third kappa shape index (κ3) is 5.72. The van der Waals surface area contributed by atoms with Crippen LogP contribution >= 0.6 is 11.3 Å². The van der Waals surface area contributed by atoms with Gasteiger partial charge in [0.15, 0.2) is 0 Å². The van der Waals surface area contributed by atoms with Crippen LogP contribution < -0.4 is 26.2 Å². The lowest BCUT2D eigenvalue weighted by molar-refractivity contribution is 0.332. The molecule has 1 aliphatic carbocycles. The van der Waals surface area contributed by atoms with Crippen molar-refractivity contribution in [2.75, 3.05) is 9.80 Å². The first-order valence-corrected chi connectivity index (χ1v) is 22.7. The van der Waals surface area contributed by atoms with Gasteiger partial charge in [-0.3, -0.25) is 0 Å². The summed E-state index contributed by atoms with van der Waals surface area (Å²) in [5.74, 6) is 0. The highest BCUT2D eigenvalue weighted by molar-refractivity contribution is 7.26. The van der Waals surface area contributed by atoms with Crippen molar-refractivity contribution >= 4 is 88.7 Å². The monoisotopic (exact) mass is 790 g/mol. The van der Waals surface area contributed by atoms with E-state index >= 15 is 0 Å². The first kappa shape index (κ1) is 38.4. The SMILES string of the molecule is Cc1cc2c3c(c1)N(c1ccccc1C)c1c(ccc4sc5ccc(C(C)(C)C)cc5c14)B3c1cc3c(cc1N2c1ccc(C(C)(C)C)cc1C)C(C)(C)CCC3(C)C. The Bertz CT molecular complexity index is 2910. The Kier molecular flexibility index (Phi) is 8.21. The second kappa shape index (κ2) is 12.6. The number of benzene rings is 6. The van der Waals surface area contributed by atoms with E-state index in [0.717, 1.165) is 0 Å². The van der Waals surface area contributed by atoms with E-state index in [1.165, 1.54) is 122 Å². The lowest BCUT2D eigenvalue weighted by Gasteiger charge is -2.48. The van der Waals surface area contributed by atoms with Gasteiger partial charge in [0.2, 0.25) is 0 Å². The van der Waals surface area contributed by atoms with Crippen LogP contribution in [0.25, 0.3) is 20.2 Å². The van der Waals surface area contributed by atoms with Crippen LogP contribution in [-0.2, 0) is 21.7 Å². The van der Waals surface area contributed by atoms with Crippen molar-refractivity contribution < 1.29 is 0 Å². The number of thiophene rings is 1. The third-order valence-electron chi connectivity index (χ3n) is 14.3. The van der Waals surface area contributed by atoms with Gasteiger partial charge in [-0.25, -0.2) is 0 Å². The lowest BCUT2D eigenvalue weighted by atomic mass is 9.33. The Hall–Kier alpha value is -4.80. The molecule has 0 amide bonds. The summed E-state index contributed by atoms with van der Waals surface area (Å²) in [6.45, 7) is 30.9. The number of rotatable bonds is 2. The summed E-state index contributed by atoms with van der Waals surface area (Å²) in [4.78, 5) is 5.32. The molecule has 3 aliphatic rings. The third-order valence-corrected chi connectivity index (χ3v) is 15.4. The predicted molar refractivity (Wildman–Crippen MR) is 260 cm³/mol. The molecule has 0 saturated heterocycles. The van der Waals surface area contributed by atoms with Gasteiger partial charge in [0.05, 0.1) is 5.69 Å². The number of aryl methyl sites for hydroxylation is 3. The van der Waals surface area contributed by atoms with E-state index in [1.54, 1.807) is 0 Å². The molecule has 0 bridgehead atoms. The van der Waals surface area contributed by atoms with Crippen molar-refractivity contribution in [2.45, 2.75) is 125 Å². The van der Waals surface area contributed by atoms with Crippen molar-refractivity contribution in [3.63, 3.8) is 0 Å². The van der Waals surface area contributed by atoms with E-state index in [4.69, 9.17) is 0 Å². The number of anilines is 6. The Morgan fingerprint density at radius 3 is 1.80 bits per heavy atom. The molecule has 2 nitrogen and oxygen atoms in total. The number of hydrogen-bond donors (Lipinski definition) is 0. The predicted octanol–water partition coefficient (Wildman–Crippen LogP) is 14.0. The van der Waals surface area contributed by atoms with Crippen LogP contribution in [0.15, 0.2) is 97.1 Å². The molecule has 0 saturated carbocycles. The molecule has 2 aliphatic heterocycles. The molecule has 0 unspecified atom stereocenters. The highest BCUT2D eigenvalue weighted by atomic mass is 32.1. The van der Waals surface area contributed by atoms with Crippen molar-refractivity contribution in [3.8, 4) is 0 Å². The molecule has 59 heavy (non-hydrogen) atoms. The number of hydrogen-bond acceptors (Lipinski definition) is 3. The smallest absolute Gasteiger partial charge is 0.252 e. The highest BCUT2D eigenvalue weighted by Gasteiger charge is 2.47. The molecule has 4 heteroatoms. The Labute approximate surface area is 357 Å². The van der Waals surface area contributed by atoms with Crippen LogP contribution in [0.3, 0.4) is 0 Å². The van der Waals surface area contributed by atoms with Gasteiger partial charge in [0, 0.05) is 48.6 Å². The average molecular weight is 791 g/mol. The van der Waals surface area contributed by atoms with Gasteiger partial charge in [0.25, 0.3) is 6.71 Å². The van der Waals surface area contributed by atoms with Crippen LogP contribution in [-0.4, -0.2) is 6.71 Å². The fraction of sp³-hybridized carbons (Fsp3) is 0.345. The molecule has 3 heterocycles. The van der Waals surface area contributed by atoms with Gasteiger partial charge in [0.1, 0.15) is 0 Å². The summed E-state index contributed by atoms with van der Waals surface area (Å²) in [5.41, 5.74) is 21.9. The zero-order valence-corrected chi connectivity index (χ0v) is 38.3. The van der Waals surface area contributed by atoms with Crippen LogP contribution in [0.2, 0.25) is 0 Å². The van der Waals surface area contributed by atoms with Crippen LogP contribution in [0.5, 0.6) is 0 Å². The molecular weight excluding hydrogens is 731 g/mol. The number of para-hydroxylation sites is 1. The average Bonchev–Trinajstić information content (AvgIpc) is 3.54. The van der Waals surface area contributed by atoms with Gasteiger partial charge in [-0.1, -0.05) is 118 Å². The maximum atomic E-state index is 2.68. The number of fused-ring (bicyclic) bond motifs is 9. The second-order valence-electron chi connectivity index (χ2n) is 21.5. The summed E-state index contributed by atoms with van der Waals surface area (Å²) in [7, 11) is 0. The van der Waals surface area contributed by atoms with Crippen molar-refractivity contribution in [1.29, 1.82) is 0 Å². The Balaban J connectivity index is 1.37. The van der Waals surface area contributed by atoms with Crippen LogP contribution in [0, 0.1) is 20.8 Å². The summed E-state index contributed by atoms with van der Waals surface area (Å²) < 4.78 is 2.70.